The van der Waals surface area contributed by atoms with Crippen LogP contribution in [0, 0.1) is 12.7 Å². The average Bonchev–Trinajstić information content (AvgIpc) is 2.46. The Bertz CT molecular complexity index is 661. The number of hydrogen-bond donors (Lipinski definition) is 1. The van der Waals surface area contributed by atoms with Gasteiger partial charge in [0.1, 0.15) is 11.6 Å². The van der Waals surface area contributed by atoms with Crippen LogP contribution in [0.1, 0.15) is 22.7 Å². The lowest BCUT2D eigenvalue weighted by atomic mass is 9.97. The third kappa shape index (κ3) is 3.47. The van der Waals surface area contributed by atoms with E-state index in [0.29, 0.717) is 11.3 Å². The van der Waals surface area contributed by atoms with E-state index in [2.05, 4.69) is 37.2 Å². The molecule has 5 heteroatoms. The van der Waals surface area contributed by atoms with E-state index in [9.17, 15) is 4.39 Å². The molecule has 0 fully saturated rings. The van der Waals surface area contributed by atoms with E-state index < -0.39 is 0 Å². The van der Waals surface area contributed by atoms with Crippen LogP contribution < -0.4 is 10.1 Å². The van der Waals surface area contributed by atoms with Crippen molar-refractivity contribution in [1.29, 1.82) is 0 Å². The molecule has 1 N–H and O–H groups in total. The molecule has 21 heavy (non-hydrogen) atoms. The predicted molar refractivity (Wildman–Crippen MR) is 90.4 cm³/mol. The van der Waals surface area contributed by atoms with Crippen molar-refractivity contribution in [2.75, 3.05) is 14.2 Å². The van der Waals surface area contributed by atoms with Gasteiger partial charge < -0.3 is 10.1 Å². The van der Waals surface area contributed by atoms with Gasteiger partial charge in [0.15, 0.2) is 0 Å². The topological polar surface area (TPSA) is 21.3 Å². The summed E-state index contributed by atoms with van der Waals surface area (Å²) in [7, 11) is 3.34. The summed E-state index contributed by atoms with van der Waals surface area (Å²) in [6.45, 7) is 2.01. The Morgan fingerprint density at radius 1 is 1.10 bits per heavy atom. The Kier molecular flexibility index (Phi) is 5.41. The first-order valence-corrected chi connectivity index (χ1v) is 8.02. The zero-order valence-corrected chi connectivity index (χ0v) is 15.2. The summed E-state index contributed by atoms with van der Waals surface area (Å²) < 4.78 is 21.3. The first kappa shape index (κ1) is 16.5. The van der Waals surface area contributed by atoms with E-state index in [0.717, 1.165) is 20.1 Å². The van der Waals surface area contributed by atoms with E-state index in [1.807, 2.05) is 26.1 Å². The fraction of sp³-hybridized carbons (Fsp3) is 0.250. The van der Waals surface area contributed by atoms with Crippen molar-refractivity contribution in [2.24, 2.45) is 0 Å². The molecule has 2 nitrogen and oxygen atoms in total. The number of rotatable bonds is 4. The highest BCUT2D eigenvalue weighted by molar-refractivity contribution is 9.11. The highest BCUT2D eigenvalue weighted by atomic mass is 79.9. The number of nitrogens with one attached hydrogen (secondary N) is 1. The molecule has 2 aromatic rings. The normalized spacial score (nSPS) is 12.3. The van der Waals surface area contributed by atoms with Crippen molar-refractivity contribution in [3.8, 4) is 5.75 Å². The highest BCUT2D eigenvalue weighted by Crippen LogP contribution is 2.34. The Morgan fingerprint density at radius 2 is 1.81 bits per heavy atom. The van der Waals surface area contributed by atoms with E-state index in [4.69, 9.17) is 4.74 Å². The molecule has 0 saturated heterocycles. The number of methoxy groups -OCH3 is 1. The van der Waals surface area contributed by atoms with Crippen LogP contribution >= 0.6 is 31.9 Å². The number of aryl methyl sites for hydroxylation is 1. The molecule has 0 aliphatic carbocycles. The molecule has 1 unspecified atom stereocenters. The number of hydrogen-bond acceptors (Lipinski definition) is 2. The van der Waals surface area contributed by atoms with Crippen LogP contribution in [-0.2, 0) is 0 Å². The maximum absolute atomic E-state index is 14.3. The standard InChI is InChI=1S/C16H16Br2FNO/c1-9-6-14(18)12(8-13(9)17)16(20-2)11-5-4-10(21-3)7-15(11)19/h4-8,16,20H,1-3H3. The van der Waals surface area contributed by atoms with Crippen molar-refractivity contribution < 1.29 is 9.13 Å². The van der Waals surface area contributed by atoms with Crippen LogP contribution in [0.4, 0.5) is 4.39 Å². The number of benzene rings is 2. The molecular formula is C16H16Br2FNO. The average molecular weight is 417 g/mol. The molecule has 2 rings (SSSR count). The summed E-state index contributed by atoms with van der Waals surface area (Å²) in [6, 6.07) is 8.68. The summed E-state index contributed by atoms with van der Waals surface area (Å²) in [5.74, 6) is 0.215. The second kappa shape index (κ2) is 6.90. The maximum atomic E-state index is 14.3. The number of ether oxygens (including phenoxy) is 1. The summed E-state index contributed by atoms with van der Waals surface area (Å²) in [4.78, 5) is 0. The van der Waals surface area contributed by atoms with Crippen LogP contribution in [-0.4, -0.2) is 14.2 Å². The van der Waals surface area contributed by atoms with E-state index in [-0.39, 0.29) is 11.9 Å². The second-order valence-corrected chi connectivity index (χ2v) is 6.44. The molecule has 0 amide bonds. The van der Waals surface area contributed by atoms with Gasteiger partial charge in [0.2, 0.25) is 0 Å². The molecular weight excluding hydrogens is 401 g/mol. The van der Waals surface area contributed by atoms with Gasteiger partial charge in [0.05, 0.1) is 13.2 Å². The largest absolute Gasteiger partial charge is 0.497 e. The van der Waals surface area contributed by atoms with E-state index in [1.54, 1.807) is 12.1 Å². The molecule has 2 aromatic carbocycles. The fourth-order valence-electron chi connectivity index (χ4n) is 2.23. The van der Waals surface area contributed by atoms with Crippen LogP contribution in [0.15, 0.2) is 39.3 Å². The summed E-state index contributed by atoms with van der Waals surface area (Å²) in [5.41, 5.74) is 2.67. The maximum Gasteiger partial charge on any atom is 0.132 e. The van der Waals surface area contributed by atoms with Gasteiger partial charge in [-0.2, -0.15) is 0 Å². The summed E-state index contributed by atoms with van der Waals surface area (Å²) in [5, 5.41) is 3.17. The Morgan fingerprint density at radius 3 is 2.38 bits per heavy atom. The molecule has 0 radical (unpaired) electrons. The second-order valence-electron chi connectivity index (χ2n) is 4.73. The first-order valence-electron chi connectivity index (χ1n) is 6.44. The van der Waals surface area contributed by atoms with Crippen molar-refractivity contribution >= 4 is 31.9 Å². The lowest BCUT2D eigenvalue weighted by Gasteiger charge is -2.20. The lowest BCUT2D eigenvalue weighted by Crippen LogP contribution is -2.19. The minimum absolute atomic E-state index is 0.248. The Hall–Kier alpha value is -0.910. The van der Waals surface area contributed by atoms with Crippen molar-refractivity contribution in [3.63, 3.8) is 0 Å². The molecule has 0 spiro atoms. The van der Waals surface area contributed by atoms with E-state index >= 15 is 0 Å². The number of halogens is 3. The van der Waals surface area contributed by atoms with Gasteiger partial charge in [-0.1, -0.05) is 37.9 Å². The van der Waals surface area contributed by atoms with Gasteiger partial charge in [-0.3, -0.25) is 0 Å². The van der Waals surface area contributed by atoms with Gasteiger partial charge in [-0.25, -0.2) is 4.39 Å². The lowest BCUT2D eigenvalue weighted by molar-refractivity contribution is 0.410. The molecule has 0 aliphatic rings. The quantitative estimate of drug-likeness (QED) is 0.759. The van der Waals surface area contributed by atoms with Crippen molar-refractivity contribution in [2.45, 2.75) is 13.0 Å². The molecule has 0 aliphatic heterocycles. The van der Waals surface area contributed by atoms with Crippen LogP contribution in [0.25, 0.3) is 0 Å². The van der Waals surface area contributed by atoms with Crippen molar-refractivity contribution in [3.05, 3.63) is 61.8 Å². The predicted octanol–water partition coefficient (Wildman–Crippen LogP) is 4.98. The molecule has 0 heterocycles. The van der Waals surface area contributed by atoms with Gasteiger partial charge in [-0.05, 0) is 43.3 Å². The smallest absolute Gasteiger partial charge is 0.132 e. The SMILES string of the molecule is CNC(c1ccc(OC)cc1F)c1cc(Br)c(C)cc1Br. The van der Waals surface area contributed by atoms with Crippen LogP contribution in [0.3, 0.4) is 0 Å². The summed E-state index contributed by atoms with van der Waals surface area (Å²) >= 11 is 7.09. The highest BCUT2D eigenvalue weighted by Gasteiger charge is 2.20. The van der Waals surface area contributed by atoms with Gasteiger partial charge in [-0.15, -0.1) is 0 Å². The summed E-state index contributed by atoms with van der Waals surface area (Å²) in [6.07, 6.45) is 0. The van der Waals surface area contributed by atoms with Crippen molar-refractivity contribution in [1.82, 2.24) is 5.32 Å². The zero-order valence-electron chi connectivity index (χ0n) is 12.0. The van der Waals surface area contributed by atoms with Gasteiger partial charge in [0.25, 0.3) is 0 Å². The van der Waals surface area contributed by atoms with E-state index in [1.165, 1.54) is 13.2 Å². The third-order valence-corrected chi connectivity index (χ3v) is 4.94. The molecule has 0 bridgehead atoms. The third-order valence-electron chi connectivity index (χ3n) is 3.40. The van der Waals surface area contributed by atoms with Gasteiger partial charge >= 0.3 is 0 Å². The monoisotopic (exact) mass is 415 g/mol. The molecule has 1 atom stereocenters. The molecule has 112 valence electrons. The van der Waals surface area contributed by atoms with Gasteiger partial charge in [0, 0.05) is 20.6 Å². The van der Waals surface area contributed by atoms with Crippen LogP contribution in [0.5, 0.6) is 5.75 Å². The Balaban J connectivity index is 2.52. The molecule has 0 aromatic heterocycles. The zero-order chi connectivity index (χ0) is 15.6. The fourth-order valence-corrected chi connectivity index (χ4v) is 3.28. The minimum atomic E-state index is -0.294. The Labute approximate surface area is 141 Å². The minimum Gasteiger partial charge on any atom is -0.497 e. The molecule has 0 saturated carbocycles. The van der Waals surface area contributed by atoms with Crippen LogP contribution in [0.2, 0.25) is 0 Å². The first-order chi connectivity index (χ1) is 9.97.